The van der Waals surface area contributed by atoms with E-state index in [0.29, 0.717) is 19.3 Å². The van der Waals surface area contributed by atoms with Crippen molar-refractivity contribution in [3.05, 3.63) is 109 Å². The molecule has 0 aromatic rings. The fourth-order valence-electron chi connectivity index (χ4n) is 4.67. The average Bonchev–Trinajstić information content (AvgIpc) is 3.09. The lowest BCUT2D eigenvalue weighted by Gasteiger charge is -2.31. The van der Waals surface area contributed by atoms with Crippen molar-refractivity contribution in [3.63, 3.8) is 0 Å². The molecule has 52 heavy (non-hydrogen) atoms. The Morgan fingerprint density at radius 3 is 1.73 bits per heavy atom. The summed E-state index contributed by atoms with van der Waals surface area (Å²) < 4.78 is 17.1. The standard InChI is InChI=1S/C44H67NO7/c1-6-8-10-12-14-16-18-19-20-21-22-23-25-26-28-30-32-34-42(46)51-39-40(38-50-37-36-41(44(48)49)45(3,4)5)52-43(47)35-33-31-29-27-24-17-15-13-11-9-7-2/h8-12,14-23,25,27,29,40-41H,6-7,13,24,26,28,30-39H2,1-5H3/p+1/b10-8+,11-9+,14-12+,17-15+,18-16+,20-19+,22-21+,25-23+,29-27+. The van der Waals surface area contributed by atoms with Crippen LogP contribution < -0.4 is 0 Å². The van der Waals surface area contributed by atoms with Gasteiger partial charge in [0.05, 0.1) is 34.4 Å². The first-order chi connectivity index (χ1) is 25.1. The van der Waals surface area contributed by atoms with Crippen LogP contribution in [-0.4, -0.2) is 80.6 Å². The molecule has 0 saturated heterocycles. The second-order valence-electron chi connectivity index (χ2n) is 13.2. The lowest BCUT2D eigenvalue weighted by molar-refractivity contribution is -0.887. The third-order valence-corrected chi connectivity index (χ3v) is 7.58. The summed E-state index contributed by atoms with van der Waals surface area (Å²) in [5, 5.41) is 9.58. The van der Waals surface area contributed by atoms with Crippen LogP contribution in [0.5, 0.6) is 0 Å². The van der Waals surface area contributed by atoms with Gasteiger partial charge in [0.25, 0.3) is 0 Å². The van der Waals surface area contributed by atoms with Crippen molar-refractivity contribution in [2.24, 2.45) is 0 Å². The molecule has 0 saturated carbocycles. The van der Waals surface area contributed by atoms with Gasteiger partial charge in [-0.25, -0.2) is 4.79 Å². The number of ether oxygens (including phenoxy) is 3. The molecule has 0 spiro atoms. The third kappa shape index (κ3) is 31.9. The topological polar surface area (TPSA) is 99.1 Å². The van der Waals surface area contributed by atoms with Crippen LogP contribution >= 0.6 is 0 Å². The minimum atomic E-state index is -0.897. The second-order valence-corrected chi connectivity index (χ2v) is 13.2. The Hall–Kier alpha value is -4.01. The van der Waals surface area contributed by atoms with E-state index in [-0.39, 0.29) is 49.1 Å². The quantitative estimate of drug-likeness (QED) is 0.0250. The van der Waals surface area contributed by atoms with Crippen molar-refractivity contribution in [1.82, 2.24) is 0 Å². The number of quaternary nitrogens is 1. The first-order valence-corrected chi connectivity index (χ1v) is 19.0. The van der Waals surface area contributed by atoms with Gasteiger partial charge < -0.3 is 23.8 Å². The first-order valence-electron chi connectivity index (χ1n) is 19.0. The zero-order chi connectivity index (χ0) is 38.5. The molecule has 0 aromatic heterocycles. The Labute approximate surface area is 315 Å². The molecule has 8 nitrogen and oxygen atoms in total. The van der Waals surface area contributed by atoms with Gasteiger partial charge in [-0.1, -0.05) is 130 Å². The van der Waals surface area contributed by atoms with Gasteiger partial charge in [-0.3, -0.25) is 9.59 Å². The molecule has 0 aromatic carbocycles. The Morgan fingerprint density at radius 2 is 1.13 bits per heavy atom. The number of aliphatic carboxylic acids is 1. The van der Waals surface area contributed by atoms with E-state index in [1.54, 1.807) is 0 Å². The summed E-state index contributed by atoms with van der Waals surface area (Å²) in [7, 11) is 5.46. The number of carbonyl (C=O) groups excluding carboxylic acids is 2. The van der Waals surface area contributed by atoms with Gasteiger partial charge in [0, 0.05) is 19.3 Å². The largest absolute Gasteiger partial charge is 0.477 e. The van der Waals surface area contributed by atoms with Crippen LogP contribution in [0.15, 0.2) is 109 Å². The second kappa shape index (κ2) is 34.1. The van der Waals surface area contributed by atoms with Crippen molar-refractivity contribution in [3.8, 4) is 0 Å². The van der Waals surface area contributed by atoms with Gasteiger partial charge in [-0.15, -0.1) is 0 Å². The Kier molecular flexibility index (Phi) is 31.5. The van der Waals surface area contributed by atoms with Gasteiger partial charge in [-0.2, -0.15) is 0 Å². The molecular weight excluding hydrogens is 654 g/mol. The van der Waals surface area contributed by atoms with Crippen LogP contribution in [0, 0.1) is 0 Å². The van der Waals surface area contributed by atoms with Gasteiger partial charge in [0.1, 0.15) is 6.61 Å². The lowest BCUT2D eigenvalue weighted by Crippen LogP contribution is -2.50. The number of nitrogens with zero attached hydrogens (tertiary/aromatic N) is 1. The number of carbonyl (C=O) groups is 3. The van der Waals surface area contributed by atoms with Gasteiger partial charge in [0.15, 0.2) is 12.1 Å². The van der Waals surface area contributed by atoms with Crippen LogP contribution in [0.4, 0.5) is 0 Å². The summed E-state index contributed by atoms with van der Waals surface area (Å²) >= 11 is 0. The van der Waals surface area contributed by atoms with E-state index in [1.807, 2.05) is 81.9 Å². The number of hydrogen-bond acceptors (Lipinski definition) is 6. The summed E-state index contributed by atoms with van der Waals surface area (Å²) in [4.78, 5) is 36.7. The van der Waals surface area contributed by atoms with Crippen molar-refractivity contribution in [1.29, 1.82) is 0 Å². The maximum absolute atomic E-state index is 12.6. The molecule has 2 unspecified atom stereocenters. The van der Waals surface area contributed by atoms with Crippen molar-refractivity contribution in [2.75, 3.05) is 41.0 Å². The van der Waals surface area contributed by atoms with Crippen molar-refractivity contribution >= 4 is 17.9 Å². The van der Waals surface area contributed by atoms with Crippen molar-refractivity contribution in [2.45, 2.75) is 109 Å². The number of likely N-dealkylation sites (N-methyl/N-ethyl adjacent to an activating group) is 1. The van der Waals surface area contributed by atoms with E-state index in [9.17, 15) is 19.5 Å². The normalized spacial score (nSPS) is 14.2. The maximum atomic E-state index is 12.6. The Balaban J connectivity index is 4.60. The van der Waals surface area contributed by atoms with E-state index in [4.69, 9.17) is 14.2 Å². The number of carboxylic acids is 1. The van der Waals surface area contributed by atoms with Crippen LogP contribution in [0.1, 0.15) is 97.3 Å². The summed E-state index contributed by atoms with van der Waals surface area (Å²) in [6.45, 7) is 4.32. The molecule has 0 bridgehead atoms. The molecule has 8 heteroatoms. The smallest absolute Gasteiger partial charge is 0.362 e. The lowest BCUT2D eigenvalue weighted by atomic mass is 10.1. The van der Waals surface area contributed by atoms with Crippen LogP contribution in [0.3, 0.4) is 0 Å². The van der Waals surface area contributed by atoms with E-state index in [0.717, 1.165) is 51.4 Å². The van der Waals surface area contributed by atoms with E-state index < -0.39 is 18.1 Å². The Morgan fingerprint density at radius 1 is 0.596 bits per heavy atom. The van der Waals surface area contributed by atoms with Gasteiger partial charge in [0.2, 0.25) is 0 Å². The summed E-state index contributed by atoms with van der Waals surface area (Å²) in [6.07, 6.45) is 45.7. The van der Waals surface area contributed by atoms with Crippen LogP contribution in [0.2, 0.25) is 0 Å². The van der Waals surface area contributed by atoms with E-state index in [1.165, 1.54) is 0 Å². The van der Waals surface area contributed by atoms with Crippen LogP contribution in [0.25, 0.3) is 0 Å². The predicted octanol–water partition coefficient (Wildman–Crippen LogP) is 9.73. The van der Waals surface area contributed by atoms with Gasteiger partial charge in [-0.05, 0) is 57.8 Å². The highest BCUT2D eigenvalue weighted by Gasteiger charge is 2.31. The molecule has 1 N–H and O–H groups in total. The monoisotopic (exact) mass is 722 g/mol. The molecule has 0 aliphatic carbocycles. The highest BCUT2D eigenvalue weighted by molar-refractivity contribution is 5.72. The minimum Gasteiger partial charge on any atom is -0.477 e. The number of rotatable bonds is 31. The van der Waals surface area contributed by atoms with Crippen molar-refractivity contribution < 1.29 is 38.2 Å². The fourth-order valence-corrected chi connectivity index (χ4v) is 4.67. The number of allylic oxidation sites excluding steroid dienone is 18. The highest BCUT2D eigenvalue weighted by atomic mass is 16.6. The summed E-state index contributed by atoms with van der Waals surface area (Å²) in [6, 6.07) is -0.636. The first kappa shape index (κ1) is 48.0. The number of unbranched alkanes of at least 4 members (excludes halogenated alkanes) is 4. The zero-order valence-electron chi connectivity index (χ0n) is 32.7. The van der Waals surface area contributed by atoms with E-state index in [2.05, 4.69) is 62.5 Å². The SMILES string of the molecule is CC/C=C/C=C/C=C/C=C/C=C/C=C/CCCCCC(=O)OCC(COCCC(C(=O)O)[N+](C)(C)C)OC(=O)CCC/C=C/C/C=C/C/C=C/CC. The molecule has 0 radical (unpaired) electrons. The molecule has 0 rings (SSSR count). The molecule has 0 aliphatic heterocycles. The maximum Gasteiger partial charge on any atom is 0.362 e. The number of hydrogen-bond donors (Lipinski definition) is 1. The summed E-state index contributed by atoms with van der Waals surface area (Å²) in [5.41, 5.74) is 0. The number of esters is 2. The predicted molar refractivity (Wildman–Crippen MR) is 215 cm³/mol. The third-order valence-electron chi connectivity index (χ3n) is 7.58. The molecule has 0 fully saturated rings. The van der Waals surface area contributed by atoms with Crippen LogP contribution in [-0.2, 0) is 28.6 Å². The fraction of sp³-hybridized carbons (Fsp3) is 0.523. The molecule has 0 aliphatic rings. The molecule has 0 amide bonds. The average molecular weight is 723 g/mol. The minimum absolute atomic E-state index is 0.0176. The molecule has 0 heterocycles. The van der Waals surface area contributed by atoms with Gasteiger partial charge >= 0.3 is 17.9 Å². The molecule has 290 valence electrons. The van der Waals surface area contributed by atoms with E-state index >= 15 is 0 Å². The highest BCUT2D eigenvalue weighted by Crippen LogP contribution is 2.11. The Bertz CT molecular complexity index is 1210. The molecule has 2 atom stereocenters. The number of carboxylic acid groups (broad SMARTS) is 1. The molecular formula is C44H68NO7+. The summed E-state index contributed by atoms with van der Waals surface area (Å²) in [5.74, 6) is -1.62. The zero-order valence-corrected chi connectivity index (χ0v) is 32.7.